The molecule has 1 amide bonds. The molecule has 0 saturated carbocycles. The molecule has 1 heterocycles. The van der Waals surface area contributed by atoms with E-state index in [4.69, 9.17) is 5.10 Å². The number of phenolic OH excluding ortho intramolecular Hbond substituents is 1. The van der Waals surface area contributed by atoms with Gasteiger partial charge in [-0.15, -0.1) is 0 Å². The highest BCUT2D eigenvalue weighted by Crippen LogP contribution is 2.37. The quantitative estimate of drug-likeness (QED) is 0.224. The maximum Gasteiger partial charge on any atom is 0.275 e. The van der Waals surface area contributed by atoms with Gasteiger partial charge < -0.3 is 5.11 Å². The summed E-state index contributed by atoms with van der Waals surface area (Å²) in [6.45, 7) is 0. The van der Waals surface area contributed by atoms with E-state index in [9.17, 15) is 9.90 Å². The van der Waals surface area contributed by atoms with Crippen molar-refractivity contribution in [2.24, 2.45) is 10.2 Å². The van der Waals surface area contributed by atoms with Crippen LogP contribution in [0.3, 0.4) is 0 Å². The Labute approximate surface area is 217 Å². The van der Waals surface area contributed by atoms with Gasteiger partial charge in [-0.25, -0.2) is 5.43 Å². The van der Waals surface area contributed by atoms with Crippen LogP contribution in [0, 0.1) is 0 Å². The topological polar surface area (TPSA) is 77.3 Å². The van der Waals surface area contributed by atoms with E-state index in [-0.39, 0.29) is 17.4 Å². The number of aromatic hydroxyl groups is 1. The normalized spacial score (nSPS) is 15.2. The lowest BCUT2D eigenvalue weighted by Crippen LogP contribution is -2.18. The molecule has 36 heavy (non-hydrogen) atoms. The van der Waals surface area contributed by atoms with Gasteiger partial charge in [-0.3, -0.25) is 9.80 Å². The van der Waals surface area contributed by atoms with Gasteiger partial charge >= 0.3 is 0 Å². The number of hydrogen-bond acceptors (Lipinski definition) is 5. The Bertz CT molecular complexity index is 1420. The van der Waals surface area contributed by atoms with Crippen molar-refractivity contribution < 1.29 is 9.90 Å². The lowest BCUT2D eigenvalue weighted by molar-refractivity contribution is 0.0952. The van der Waals surface area contributed by atoms with Crippen molar-refractivity contribution in [3.8, 4) is 5.75 Å². The van der Waals surface area contributed by atoms with Crippen LogP contribution in [0.15, 0.2) is 118 Å². The zero-order chi connectivity index (χ0) is 24.9. The predicted octanol–water partition coefficient (Wildman–Crippen LogP) is 6.27. The number of nitrogens with one attached hydrogen (secondary N) is 1. The van der Waals surface area contributed by atoms with Crippen LogP contribution in [0.25, 0.3) is 0 Å². The Balaban J connectivity index is 1.35. The summed E-state index contributed by atoms with van der Waals surface area (Å²) >= 11 is 3.52. The molecule has 0 fully saturated rings. The summed E-state index contributed by atoms with van der Waals surface area (Å²) in [7, 11) is 0. The standard InChI is InChI=1S/C29H23BrN4O2/c30-23-14-12-22(13-15-23)27-18-26(21-6-2-1-3-7-21)33-34(27)24-16-10-20(11-17-24)19-31-32-29(36)25-8-4-5-9-28(25)35/h1-17,19,27,35H,18H2,(H,32,36). The minimum absolute atomic E-state index is 0.0747. The zero-order valence-corrected chi connectivity index (χ0v) is 20.8. The second kappa shape index (κ2) is 10.6. The third-order valence-electron chi connectivity index (χ3n) is 5.96. The van der Waals surface area contributed by atoms with Crippen molar-refractivity contribution in [3.63, 3.8) is 0 Å². The molecule has 5 rings (SSSR count). The van der Waals surface area contributed by atoms with Gasteiger partial charge in [0.2, 0.25) is 0 Å². The molecular formula is C29H23BrN4O2. The van der Waals surface area contributed by atoms with Crippen molar-refractivity contribution in [2.75, 3.05) is 5.01 Å². The van der Waals surface area contributed by atoms with Crippen molar-refractivity contribution in [1.82, 2.24) is 5.43 Å². The second-order valence-electron chi connectivity index (χ2n) is 8.34. The molecule has 0 aromatic heterocycles. The van der Waals surface area contributed by atoms with Gasteiger partial charge in [-0.05, 0) is 53.1 Å². The number of nitrogens with zero attached hydrogens (tertiary/aromatic N) is 3. The lowest BCUT2D eigenvalue weighted by atomic mass is 9.98. The Kier molecular flexibility index (Phi) is 6.91. The molecule has 7 heteroatoms. The summed E-state index contributed by atoms with van der Waals surface area (Å²) in [5, 5.41) is 20.9. The second-order valence-corrected chi connectivity index (χ2v) is 9.25. The molecule has 4 aromatic rings. The van der Waals surface area contributed by atoms with E-state index in [1.807, 2.05) is 42.5 Å². The van der Waals surface area contributed by atoms with Gasteiger partial charge in [-0.2, -0.15) is 10.2 Å². The number of benzene rings is 4. The minimum Gasteiger partial charge on any atom is -0.507 e. The van der Waals surface area contributed by atoms with Crippen molar-refractivity contribution >= 4 is 39.5 Å². The molecule has 0 bridgehead atoms. The summed E-state index contributed by atoms with van der Waals surface area (Å²) in [6.07, 6.45) is 2.36. The largest absolute Gasteiger partial charge is 0.507 e. The van der Waals surface area contributed by atoms with Crippen molar-refractivity contribution in [1.29, 1.82) is 0 Å². The molecule has 178 valence electrons. The SMILES string of the molecule is O=C(NN=Cc1ccc(N2N=C(c3ccccc3)CC2c2ccc(Br)cc2)cc1)c1ccccc1O. The van der Waals surface area contributed by atoms with Crippen molar-refractivity contribution in [2.45, 2.75) is 12.5 Å². The number of hydrazone groups is 2. The molecule has 2 N–H and O–H groups in total. The van der Waals surface area contributed by atoms with E-state index >= 15 is 0 Å². The van der Waals surface area contributed by atoms with Crippen LogP contribution >= 0.6 is 15.9 Å². The monoisotopic (exact) mass is 538 g/mol. The van der Waals surface area contributed by atoms with E-state index in [2.05, 4.69) is 67.9 Å². The van der Waals surface area contributed by atoms with E-state index < -0.39 is 5.91 Å². The first-order valence-electron chi connectivity index (χ1n) is 11.5. The molecule has 4 aromatic carbocycles. The number of amides is 1. The van der Waals surface area contributed by atoms with Crippen LogP contribution in [-0.2, 0) is 0 Å². The van der Waals surface area contributed by atoms with Gasteiger partial charge in [0, 0.05) is 10.9 Å². The molecule has 0 spiro atoms. The molecule has 0 aliphatic carbocycles. The first-order chi connectivity index (χ1) is 17.6. The summed E-state index contributed by atoms with van der Waals surface area (Å²) in [6, 6.07) is 32.9. The average Bonchev–Trinajstić information content (AvgIpc) is 3.36. The number of carbonyl (C=O) groups is 1. The summed E-state index contributed by atoms with van der Waals surface area (Å²) in [5.41, 5.74) is 7.75. The van der Waals surface area contributed by atoms with Gasteiger partial charge in [0.1, 0.15) is 5.75 Å². The maximum absolute atomic E-state index is 12.2. The van der Waals surface area contributed by atoms with Crippen LogP contribution in [-0.4, -0.2) is 22.9 Å². The van der Waals surface area contributed by atoms with Gasteiger partial charge in [0.05, 0.1) is 29.2 Å². The first kappa shape index (κ1) is 23.5. The molecule has 0 saturated heterocycles. The fraction of sp³-hybridized carbons (Fsp3) is 0.0690. The summed E-state index contributed by atoms with van der Waals surface area (Å²) in [5.74, 6) is -0.561. The zero-order valence-electron chi connectivity index (χ0n) is 19.3. The predicted molar refractivity (Wildman–Crippen MR) is 147 cm³/mol. The highest BCUT2D eigenvalue weighted by molar-refractivity contribution is 9.10. The maximum atomic E-state index is 12.2. The van der Waals surface area contributed by atoms with Gasteiger partial charge in [0.15, 0.2) is 0 Å². The van der Waals surface area contributed by atoms with Crippen LogP contribution < -0.4 is 10.4 Å². The van der Waals surface area contributed by atoms with Crippen LogP contribution in [0.4, 0.5) is 5.69 Å². The summed E-state index contributed by atoms with van der Waals surface area (Å²) in [4.78, 5) is 12.2. The summed E-state index contributed by atoms with van der Waals surface area (Å²) < 4.78 is 1.04. The third-order valence-corrected chi connectivity index (χ3v) is 6.49. The Hall–Kier alpha value is -4.23. The Morgan fingerprint density at radius 2 is 1.64 bits per heavy atom. The molecule has 1 aliphatic heterocycles. The lowest BCUT2D eigenvalue weighted by Gasteiger charge is -2.24. The van der Waals surface area contributed by atoms with Crippen LogP contribution in [0.2, 0.25) is 0 Å². The molecule has 6 nitrogen and oxygen atoms in total. The minimum atomic E-state index is -0.474. The third kappa shape index (κ3) is 5.21. The van der Waals surface area contributed by atoms with E-state index in [1.165, 1.54) is 17.7 Å². The number of phenols is 1. The smallest absolute Gasteiger partial charge is 0.275 e. The molecule has 1 aliphatic rings. The number of rotatable bonds is 6. The van der Waals surface area contributed by atoms with Gasteiger partial charge in [-0.1, -0.05) is 82.7 Å². The molecule has 1 atom stereocenters. The fourth-order valence-corrected chi connectivity index (χ4v) is 4.37. The molecule has 1 unspecified atom stereocenters. The molecule has 0 radical (unpaired) electrons. The number of para-hydroxylation sites is 1. The highest BCUT2D eigenvalue weighted by Gasteiger charge is 2.29. The van der Waals surface area contributed by atoms with E-state index in [1.54, 1.807) is 18.3 Å². The fourth-order valence-electron chi connectivity index (χ4n) is 4.10. The number of carbonyl (C=O) groups excluding carboxylic acids is 1. The van der Waals surface area contributed by atoms with E-state index in [0.29, 0.717) is 0 Å². The van der Waals surface area contributed by atoms with Crippen molar-refractivity contribution in [3.05, 3.63) is 130 Å². The highest BCUT2D eigenvalue weighted by atomic mass is 79.9. The average molecular weight is 539 g/mol. The van der Waals surface area contributed by atoms with Crippen LogP contribution in [0.5, 0.6) is 5.75 Å². The van der Waals surface area contributed by atoms with E-state index in [0.717, 1.165) is 33.4 Å². The van der Waals surface area contributed by atoms with Gasteiger partial charge in [0.25, 0.3) is 5.91 Å². The Morgan fingerprint density at radius 3 is 2.36 bits per heavy atom. The first-order valence-corrected chi connectivity index (χ1v) is 12.3. The Morgan fingerprint density at radius 1 is 0.944 bits per heavy atom. The number of halogens is 1. The number of anilines is 1. The van der Waals surface area contributed by atoms with Crippen LogP contribution in [0.1, 0.15) is 39.5 Å². The molecular weight excluding hydrogens is 516 g/mol. The number of hydrogen-bond donors (Lipinski definition) is 2.